The van der Waals surface area contributed by atoms with E-state index in [0.29, 0.717) is 12.2 Å². The first-order valence-electron chi connectivity index (χ1n) is 14.6. The summed E-state index contributed by atoms with van der Waals surface area (Å²) in [4.78, 5) is 26.4. The van der Waals surface area contributed by atoms with E-state index in [9.17, 15) is 14.7 Å². The van der Waals surface area contributed by atoms with E-state index < -0.39 is 23.4 Å². The van der Waals surface area contributed by atoms with Gasteiger partial charge in [0.1, 0.15) is 12.4 Å². The molecule has 1 saturated heterocycles. The second kappa shape index (κ2) is 9.57. The molecule has 0 spiro atoms. The van der Waals surface area contributed by atoms with E-state index in [1.807, 2.05) is 37.4 Å². The van der Waals surface area contributed by atoms with E-state index in [-0.39, 0.29) is 47.4 Å². The lowest BCUT2D eigenvalue weighted by Gasteiger charge is -2.59. The van der Waals surface area contributed by atoms with Crippen molar-refractivity contribution in [3.8, 4) is 5.75 Å². The minimum atomic E-state index is -1.16. The summed E-state index contributed by atoms with van der Waals surface area (Å²) in [5, 5.41) is 14.9. The third-order valence-electron chi connectivity index (χ3n) is 10.7. The van der Waals surface area contributed by atoms with Crippen LogP contribution in [0.5, 0.6) is 5.75 Å². The van der Waals surface area contributed by atoms with Crippen LogP contribution in [0.15, 0.2) is 48.1 Å². The number of carbonyl (C=O) groups is 2. The summed E-state index contributed by atoms with van der Waals surface area (Å²) in [7, 11) is 1.86. The fourth-order valence-corrected chi connectivity index (χ4v) is 8.98. The number of rotatable bonds is 7. The van der Waals surface area contributed by atoms with Crippen molar-refractivity contribution in [1.29, 1.82) is 0 Å². The van der Waals surface area contributed by atoms with Gasteiger partial charge in [0.15, 0.2) is 17.7 Å². The maximum Gasteiger partial charge on any atom is 0.205 e. The van der Waals surface area contributed by atoms with Gasteiger partial charge >= 0.3 is 0 Å². The molecule has 7 nitrogen and oxygen atoms in total. The molecule has 0 bridgehead atoms. The Balaban J connectivity index is 1.32. The summed E-state index contributed by atoms with van der Waals surface area (Å²) in [6, 6.07) is 7.53. The van der Waals surface area contributed by atoms with Gasteiger partial charge in [-0.15, -0.1) is 0 Å². The van der Waals surface area contributed by atoms with Crippen LogP contribution in [0.1, 0.15) is 59.3 Å². The van der Waals surface area contributed by atoms with Crippen LogP contribution < -0.4 is 10.1 Å². The number of allylic oxidation sites excluding steroid dienone is 4. The molecular formula is C32H41NO6. The number of anilines is 1. The average molecular weight is 536 g/mol. The number of hydrogen-bond donors (Lipinski definition) is 2. The molecule has 6 rings (SSSR count). The molecule has 0 radical (unpaired) electrons. The van der Waals surface area contributed by atoms with Crippen LogP contribution in [0.25, 0.3) is 0 Å². The van der Waals surface area contributed by atoms with Crippen molar-refractivity contribution in [2.75, 3.05) is 19.0 Å². The molecule has 1 aromatic rings. The highest BCUT2D eigenvalue weighted by atomic mass is 16.7. The van der Waals surface area contributed by atoms with Crippen molar-refractivity contribution in [1.82, 2.24) is 0 Å². The fourth-order valence-electron chi connectivity index (χ4n) is 8.98. The molecule has 1 heterocycles. The van der Waals surface area contributed by atoms with Gasteiger partial charge in [0.05, 0.1) is 12.2 Å². The summed E-state index contributed by atoms with van der Waals surface area (Å²) in [6.45, 7) is 6.28. The van der Waals surface area contributed by atoms with Crippen LogP contribution in [-0.4, -0.2) is 54.4 Å². The number of ether oxygens (including phenoxy) is 3. The highest BCUT2D eigenvalue weighted by Crippen LogP contribution is 2.69. The molecule has 2 unspecified atom stereocenters. The number of ketones is 2. The van der Waals surface area contributed by atoms with Crippen molar-refractivity contribution in [2.45, 2.75) is 83.4 Å². The molecular weight excluding hydrogens is 494 g/mol. The number of nitrogens with one attached hydrogen (secondary N) is 1. The molecule has 0 aromatic heterocycles. The molecule has 210 valence electrons. The van der Waals surface area contributed by atoms with E-state index in [1.54, 1.807) is 12.2 Å². The number of aliphatic hydroxyl groups excluding tert-OH is 1. The smallest absolute Gasteiger partial charge is 0.205 e. The van der Waals surface area contributed by atoms with Crippen molar-refractivity contribution < 1.29 is 28.9 Å². The lowest BCUT2D eigenvalue weighted by Crippen LogP contribution is -2.63. The standard InChI is InChI=1S/C32H41NO6/c1-5-6-28-38-27-16-24-23-12-7-19-15-21(34)13-14-30(19,2)29(23)25(35)17-31(24,3)32(27,39-28)26(36)18-37-22-10-8-20(33-4)9-11-22/h8-11,13-15,23-25,27-29,33,35H,5-7,12,16-18H2,1-4H3/t23-,24?,25-,27+,28?,29+,30-,31-,32+/m0/s1. The Hall–Kier alpha value is -2.48. The number of fused-ring (bicyclic) bond motifs is 7. The van der Waals surface area contributed by atoms with Gasteiger partial charge < -0.3 is 24.6 Å². The quantitative estimate of drug-likeness (QED) is 0.516. The highest BCUT2D eigenvalue weighted by Gasteiger charge is 2.75. The van der Waals surface area contributed by atoms with E-state index >= 15 is 0 Å². The van der Waals surface area contributed by atoms with Gasteiger partial charge in [-0.05, 0) is 80.4 Å². The van der Waals surface area contributed by atoms with E-state index in [0.717, 1.165) is 43.4 Å². The van der Waals surface area contributed by atoms with Crippen molar-refractivity contribution in [3.05, 3.63) is 48.1 Å². The Labute approximate surface area is 231 Å². The largest absolute Gasteiger partial charge is 0.486 e. The molecule has 4 aliphatic carbocycles. The minimum Gasteiger partial charge on any atom is -0.486 e. The fraction of sp³-hybridized carbons (Fsp3) is 0.625. The lowest BCUT2D eigenvalue weighted by molar-refractivity contribution is -0.200. The van der Waals surface area contributed by atoms with Crippen LogP contribution in [-0.2, 0) is 19.1 Å². The molecule has 4 fully saturated rings. The predicted molar refractivity (Wildman–Crippen MR) is 147 cm³/mol. The summed E-state index contributed by atoms with van der Waals surface area (Å²) in [5.74, 6) is 0.883. The second-order valence-electron chi connectivity index (χ2n) is 12.6. The summed E-state index contributed by atoms with van der Waals surface area (Å²) < 4.78 is 19.2. The minimum absolute atomic E-state index is 0.0146. The zero-order valence-electron chi connectivity index (χ0n) is 23.4. The van der Waals surface area contributed by atoms with Gasteiger partial charge in [-0.1, -0.05) is 38.8 Å². The number of aliphatic hydroxyl groups is 1. The lowest BCUT2D eigenvalue weighted by atomic mass is 9.46. The highest BCUT2D eigenvalue weighted by molar-refractivity contribution is 6.01. The summed E-state index contributed by atoms with van der Waals surface area (Å²) >= 11 is 0. The first kappa shape index (κ1) is 26.7. The van der Waals surface area contributed by atoms with E-state index in [4.69, 9.17) is 14.2 Å². The van der Waals surface area contributed by atoms with E-state index in [1.165, 1.54) is 0 Å². The molecule has 0 amide bonds. The topological polar surface area (TPSA) is 94.1 Å². The average Bonchev–Trinajstić information content (AvgIpc) is 3.40. The zero-order valence-corrected chi connectivity index (χ0v) is 23.4. The van der Waals surface area contributed by atoms with Crippen LogP contribution >= 0.6 is 0 Å². The van der Waals surface area contributed by atoms with Crippen LogP contribution in [0.3, 0.4) is 0 Å². The first-order chi connectivity index (χ1) is 18.7. The van der Waals surface area contributed by atoms with Crippen LogP contribution in [0.2, 0.25) is 0 Å². The molecule has 1 aliphatic heterocycles. The van der Waals surface area contributed by atoms with Gasteiger partial charge in [-0.25, -0.2) is 0 Å². The monoisotopic (exact) mass is 535 g/mol. The molecule has 5 aliphatic rings. The van der Waals surface area contributed by atoms with Crippen LogP contribution in [0.4, 0.5) is 5.69 Å². The Morgan fingerprint density at radius 1 is 1.23 bits per heavy atom. The van der Waals surface area contributed by atoms with Gasteiger partial charge in [0, 0.05) is 29.5 Å². The predicted octanol–water partition coefficient (Wildman–Crippen LogP) is 4.85. The molecule has 1 aromatic carbocycles. The van der Waals surface area contributed by atoms with Gasteiger partial charge in [-0.3, -0.25) is 9.59 Å². The maximum atomic E-state index is 14.3. The SMILES string of the molecule is CCCC1O[C@@H]2CC3[C@@H]4CCC5=CC(=O)C=C[C@]5(C)[C@H]4[C@@H](O)C[C@]3(C)[C@]2(C(=O)COc2ccc(NC)cc2)O1. The van der Waals surface area contributed by atoms with Crippen molar-refractivity contribution in [3.63, 3.8) is 0 Å². The third kappa shape index (κ3) is 3.87. The number of carbonyl (C=O) groups excluding carboxylic acids is 2. The first-order valence-corrected chi connectivity index (χ1v) is 14.6. The Bertz CT molecular complexity index is 1210. The number of hydrogen-bond acceptors (Lipinski definition) is 7. The second-order valence-corrected chi connectivity index (χ2v) is 12.6. The Morgan fingerprint density at radius 2 is 2.00 bits per heavy atom. The molecule has 39 heavy (non-hydrogen) atoms. The van der Waals surface area contributed by atoms with Gasteiger partial charge in [-0.2, -0.15) is 0 Å². The molecule has 2 N–H and O–H groups in total. The Kier molecular flexibility index (Phi) is 6.56. The third-order valence-corrected chi connectivity index (χ3v) is 10.7. The van der Waals surface area contributed by atoms with Crippen molar-refractivity contribution >= 4 is 17.3 Å². The van der Waals surface area contributed by atoms with Gasteiger partial charge in [0.2, 0.25) is 5.78 Å². The molecule has 9 atom stereocenters. The molecule has 3 saturated carbocycles. The maximum absolute atomic E-state index is 14.3. The van der Waals surface area contributed by atoms with Gasteiger partial charge in [0.25, 0.3) is 0 Å². The summed E-state index contributed by atoms with van der Waals surface area (Å²) in [5.41, 5.74) is -0.0274. The number of benzene rings is 1. The Morgan fingerprint density at radius 3 is 2.72 bits per heavy atom. The normalized spacial score (nSPS) is 42.2. The summed E-state index contributed by atoms with van der Waals surface area (Å²) in [6.07, 6.45) is 8.50. The number of Topliss-reactive ketones (excluding diaryl/α,β-unsaturated/α-hetero) is 1. The van der Waals surface area contributed by atoms with Crippen molar-refractivity contribution in [2.24, 2.45) is 28.6 Å². The zero-order chi connectivity index (χ0) is 27.6. The van der Waals surface area contributed by atoms with Crippen LogP contribution in [0, 0.1) is 28.6 Å². The van der Waals surface area contributed by atoms with E-state index in [2.05, 4.69) is 26.1 Å². The molecule has 7 heteroatoms.